The zero-order valence-electron chi connectivity index (χ0n) is 13.5. The molecule has 122 valence electrons. The monoisotopic (exact) mass is 321 g/mol. The Morgan fingerprint density at radius 3 is 2.88 bits per heavy atom. The minimum absolute atomic E-state index is 0.0488. The largest absolute Gasteiger partial charge is 0.364 e. The molecule has 3 heterocycles. The number of rotatable bonds is 5. The number of anilines is 1. The second-order valence-corrected chi connectivity index (χ2v) is 6.24. The lowest BCUT2D eigenvalue weighted by molar-refractivity contribution is 0.0951. The molecule has 3 aromatic heterocycles. The zero-order chi connectivity index (χ0) is 16.5. The Bertz CT molecular complexity index is 880. The summed E-state index contributed by atoms with van der Waals surface area (Å²) in [5.41, 5.74) is 3.66. The summed E-state index contributed by atoms with van der Waals surface area (Å²) in [4.78, 5) is 20.8. The highest BCUT2D eigenvalue weighted by Crippen LogP contribution is 2.19. The average Bonchev–Trinajstić information content (AvgIpc) is 3.30. The first-order chi connectivity index (χ1) is 11.7. The maximum Gasteiger partial charge on any atom is 0.253 e. The summed E-state index contributed by atoms with van der Waals surface area (Å²) in [6.45, 7) is 2.64. The number of amides is 1. The fourth-order valence-electron chi connectivity index (χ4n) is 2.55. The van der Waals surface area contributed by atoms with Crippen LogP contribution in [0.25, 0.3) is 5.65 Å². The highest BCUT2D eigenvalue weighted by Gasteiger charge is 2.23. The van der Waals surface area contributed by atoms with Gasteiger partial charge in [0.1, 0.15) is 11.5 Å². The van der Waals surface area contributed by atoms with Crippen molar-refractivity contribution in [1.29, 1.82) is 0 Å². The molecular formula is C18H19N5O. The highest BCUT2D eigenvalue weighted by atomic mass is 16.1. The predicted octanol–water partition coefficient (Wildman–Crippen LogP) is 2.54. The lowest BCUT2D eigenvalue weighted by Crippen LogP contribution is -2.25. The molecule has 1 aliphatic rings. The van der Waals surface area contributed by atoms with Crippen LogP contribution in [0.4, 0.5) is 5.82 Å². The number of nitrogens with one attached hydrogen (secondary N) is 2. The normalized spacial score (nSPS) is 13.9. The first-order valence-electron chi connectivity index (χ1n) is 8.12. The molecule has 0 unspecified atom stereocenters. The molecule has 3 aromatic rings. The lowest BCUT2D eigenvalue weighted by Gasteiger charge is -2.05. The molecule has 0 saturated heterocycles. The summed E-state index contributed by atoms with van der Waals surface area (Å²) < 4.78 is 2.02. The van der Waals surface area contributed by atoms with Crippen LogP contribution in [0.5, 0.6) is 0 Å². The predicted molar refractivity (Wildman–Crippen MR) is 92.0 cm³/mol. The number of carbonyl (C=O) groups is 1. The second kappa shape index (κ2) is 5.96. The molecule has 0 atom stereocenters. The summed E-state index contributed by atoms with van der Waals surface area (Å²) >= 11 is 0. The summed E-state index contributed by atoms with van der Waals surface area (Å²) in [5.74, 6) is 0.679. The van der Waals surface area contributed by atoms with E-state index in [0.29, 0.717) is 18.2 Å². The fraction of sp³-hybridized carbons (Fsp3) is 0.278. The van der Waals surface area contributed by atoms with Gasteiger partial charge in [-0.3, -0.25) is 4.79 Å². The molecule has 0 aliphatic heterocycles. The molecule has 1 amide bonds. The van der Waals surface area contributed by atoms with Gasteiger partial charge in [0.05, 0.1) is 17.8 Å². The zero-order valence-corrected chi connectivity index (χ0v) is 13.5. The quantitative estimate of drug-likeness (QED) is 0.757. The van der Waals surface area contributed by atoms with Crippen molar-refractivity contribution in [3.63, 3.8) is 0 Å². The fourth-order valence-corrected chi connectivity index (χ4v) is 2.55. The van der Waals surface area contributed by atoms with Crippen molar-refractivity contribution in [1.82, 2.24) is 19.7 Å². The van der Waals surface area contributed by atoms with Crippen molar-refractivity contribution in [2.75, 3.05) is 5.32 Å². The molecule has 2 N–H and O–H groups in total. The van der Waals surface area contributed by atoms with E-state index in [1.165, 1.54) is 5.56 Å². The highest BCUT2D eigenvalue weighted by molar-refractivity contribution is 5.94. The van der Waals surface area contributed by atoms with Gasteiger partial charge < -0.3 is 15.0 Å². The number of hydrogen-bond donors (Lipinski definition) is 2. The molecule has 0 aromatic carbocycles. The average molecular weight is 321 g/mol. The number of aryl methyl sites for hydroxylation is 1. The van der Waals surface area contributed by atoms with Gasteiger partial charge in [0, 0.05) is 24.6 Å². The molecule has 4 rings (SSSR count). The Morgan fingerprint density at radius 2 is 2.12 bits per heavy atom. The second-order valence-electron chi connectivity index (χ2n) is 6.24. The van der Waals surface area contributed by atoms with E-state index in [-0.39, 0.29) is 5.91 Å². The Balaban J connectivity index is 1.40. The van der Waals surface area contributed by atoms with Crippen LogP contribution >= 0.6 is 0 Å². The molecule has 1 saturated carbocycles. The van der Waals surface area contributed by atoms with E-state index < -0.39 is 0 Å². The van der Waals surface area contributed by atoms with E-state index in [9.17, 15) is 4.79 Å². The number of hydrogen-bond acceptors (Lipinski definition) is 4. The van der Waals surface area contributed by atoms with Gasteiger partial charge in [0.2, 0.25) is 0 Å². The van der Waals surface area contributed by atoms with Crippen LogP contribution in [-0.2, 0) is 6.54 Å². The maximum absolute atomic E-state index is 11.9. The van der Waals surface area contributed by atoms with Crippen molar-refractivity contribution >= 4 is 17.4 Å². The minimum atomic E-state index is -0.0488. The molecule has 6 heteroatoms. The Hall–Kier alpha value is -2.89. The Morgan fingerprint density at radius 1 is 1.25 bits per heavy atom. The van der Waals surface area contributed by atoms with Gasteiger partial charge in [0.15, 0.2) is 0 Å². The van der Waals surface area contributed by atoms with Crippen LogP contribution in [0.15, 0.2) is 42.9 Å². The maximum atomic E-state index is 11.9. The lowest BCUT2D eigenvalue weighted by atomic mass is 10.2. The van der Waals surface area contributed by atoms with Gasteiger partial charge in [-0.25, -0.2) is 9.97 Å². The summed E-state index contributed by atoms with van der Waals surface area (Å²) in [6, 6.07) is 8.02. The van der Waals surface area contributed by atoms with Crippen molar-refractivity contribution in [2.45, 2.75) is 32.4 Å². The van der Waals surface area contributed by atoms with Gasteiger partial charge >= 0.3 is 0 Å². The molecule has 1 aliphatic carbocycles. The SMILES string of the molecule is Cc1ccc2nc(CNc3ccc(C(=O)NC4CC4)cn3)cn2c1. The van der Waals surface area contributed by atoms with Crippen LogP contribution in [0.1, 0.15) is 34.5 Å². The van der Waals surface area contributed by atoms with Crippen LogP contribution in [0, 0.1) is 6.92 Å². The summed E-state index contributed by atoms with van der Waals surface area (Å²) in [5, 5.41) is 6.19. The number of fused-ring (bicyclic) bond motifs is 1. The van der Waals surface area contributed by atoms with E-state index in [0.717, 1.165) is 30.0 Å². The number of aromatic nitrogens is 3. The molecule has 6 nitrogen and oxygen atoms in total. The first-order valence-corrected chi connectivity index (χ1v) is 8.12. The molecule has 0 bridgehead atoms. The van der Waals surface area contributed by atoms with Crippen molar-refractivity contribution in [2.24, 2.45) is 0 Å². The molecule has 24 heavy (non-hydrogen) atoms. The van der Waals surface area contributed by atoms with Crippen LogP contribution in [-0.4, -0.2) is 26.3 Å². The van der Waals surface area contributed by atoms with Gasteiger partial charge in [-0.2, -0.15) is 0 Å². The van der Waals surface area contributed by atoms with Crippen molar-refractivity contribution in [3.05, 3.63) is 59.7 Å². The van der Waals surface area contributed by atoms with E-state index >= 15 is 0 Å². The van der Waals surface area contributed by atoms with E-state index in [1.807, 2.05) is 28.8 Å². The Kier molecular flexibility index (Phi) is 3.65. The van der Waals surface area contributed by atoms with Crippen LogP contribution in [0.2, 0.25) is 0 Å². The topological polar surface area (TPSA) is 71.3 Å². The van der Waals surface area contributed by atoms with E-state index in [4.69, 9.17) is 0 Å². The third-order valence-corrected chi connectivity index (χ3v) is 4.04. The van der Waals surface area contributed by atoms with Gasteiger partial charge in [-0.15, -0.1) is 0 Å². The molecule has 0 spiro atoms. The van der Waals surface area contributed by atoms with E-state index in [2.05, 4.69) is 33.7 Å². The molecular weight excluding hydrogens is 302 g/mol. The van der Waals surface area contributed by atoms with Crippen molar-refractivity contribution < 1.29 is 4.79 Å². The molecule has 0 radical (unpaired) electrons. The number of imidazole rings is 1. The number of pyridine rings is 2. The first kappa shape index (κ1) is 14.7. The summed E-state index contributed by atoms with van der Waals surface area (Å²) in [6.07, 6.45) is 7.83. The molecule has 1 fully saturated rings. The van der Waals surface area contributed by atoms with Crippen LogP contribution < -0.4 is 10.6 Å². The van der Waals surface area contributed by atoms with Gasteiger partial charge in [-0.05, 0) is 43.5 Å². The van der Waals surface area contributed by atoms with Crippen LogP contribution in [0.3, 0.4) is 0 Å². The summed E-state index contributed by atoms with van der Waals surface area (Å²) in [7, 11) is 0. The van der Waals surface area contributed by atoms with Crippen molar-refractivity contribution in [3.8, 4) is 0 Å². The van der Waals surface area contributed by atoms with E-state index in [1.54, 1.807) is 12.3 Å². The number of carbonyl (C=O) groups excluding carboxylic acids is 1. The Labute approximate surface area is 139 Å². The third-order valence-electron chi connectivity index (χ3n) is 4.04. The standard InChI is InChI=1S/C18H19N5O/c1-12-2-7-17-21-15(11-23(17)10-12)9-20-16-6-3-13(8-19-16)18(24)22-14-4-5-14/h2-3,6-8,10-11,14H,4-5,9H2,1H3,(H,19,20)(H,22,24). The minimum Gasteiger partial charge on any atom is -0.364 e. The smallest absolute Gasteiger partial charge is 0.253 e. The number of nitrogens with zero attached hydrogens (tertiary/aromatic N) is 3. The van der Waals surface area contributed by atoms with Gasteiger partial charge in [0.25, 0.3) is 5.91 Å². The van der Waals surface area contributed by atoms with Gasteiger partial charge in [-0.1, -0.05) is 6.07 Å². The third kappa shape index (κ3) is 3.22.